The molecule has 1 saturated heterocycles. The lowest BCUT2D eigenvalue weighted by Gasteiger charge is -2.13. The number of thioether (sulfide) groups is 1. The molecule has 3 amide bonds. The van der Waals surface area contributed by atoms with E-state index in [1.807, 2.05) is 11.4 Å². The van der Waals surface area contributed by atoms with Crippen molar-refractivity contribution in [2.24, 2.45) is 0 Å². The zero-order valence-electron chi connectivity index (χ0n) is 19.7. The number of para-hydroxylation sites is 1. The second-order valence-electron chi connectivity index (χ2n) is 8.47. The van der Waals surface area contributed by atoms with Crippen LogP contribution in [0.25, 0.3) is 17.0 Å². The van der Waals surface area contributed by atoms with Crippen LogP contribution in [0.2, 0.25) is 5.02 Å². The van der Waals surface area contributed by atoms with Crippen molar-refractivity contribution in [1.82, 2.24) is 9.47 Å². The second-order valence-corrected chi connectivity index (χ2v) is 9.87. The molecule has 5 rings (SSSR count). The van der Waals surface area contributed by atoms with E-state index >= 15 is 0 Å². The van der Waals surface area contributed by atoms with Gasteiger partial charge in [-0.15, -0.1) is 0 Å². The molecule has 3 aromatic carbocycles. The number of carbonyl (C=O) groups is 3. The van der Waals surface area contributed by atoms with Crippen molar-refractivity contribution in [2.45, 2.75) is 6.54 Å². The van der Waals surface area contributed by atoms with Crippen molar-refractivity contribution >= 4 is 63.1 Å². The zero-order valence-corrected chi connectivity index (χ0v) is 21.3. The minimum atomic E-state index is -1.77. The van der Waals surface area contributed by atoms with Gasteiger partial charge in [0.1, 0.15) is 12.4 Å². The highest BCUT2D eigenvalue weighted by atomic mass is 35.5. The van der Waals surface area contributed by atoms with Crippen LogP contribution < -0.4 is 5.32 Å². The summed E-state index contributed by atoms with van der Waals surface area (Å²) in [6.45, 7) is -0.657. The van der Waals surface area contributed by atoms with Crippen molar-refractivity contribution in [1.29, 1.82) is 0 Å². The van der Waals surface area contributed by atoms with Crippen molar-refractivity contribution in [3.63, 3.8) is 0 Å². The predicted octanol–water partition coefficient (Wildman–Crippen LogP) is 6.57. The van der Waals surface area contributed by atoms with Crippen LogP contribution in [0.1, 0.15) is 11.1 Å². The molecule has 1 aliphatic rings. The number of fused-ring (bicyclic) bond motifs is 1. The SMILES string of the molecule is O=C(CN1C(=O)S/C(=C/c2cn(Cc3c(F)cccc3Cl)c3ccccc23)C1=O)Nc1ccc(F)c(F)c1F. The summed E-state index contributed by atoms with van der Waals surface area (Å²) >= 11 is 6.80. The van der Waals surface area contributed by atoms with E-state index in [1.54, 1.807) is 35.0 Å². The average molecular weight is 574 g/mol. The number of anilines is 1. The molecule has 6 nitrogen and oxygen atoms in total. The van der Waals surface area contributed by atoms with Gasteiger partial charge in [-0.3, -0.25) is 19.3 Å². The molecule has 12 heteroatoms. The minimum absolute atomic E-state index is 0.0265. The van der Waals surface area contributed by atoms with Crippen LogP contribution in [0.15, 0.2) is 65.7 Å². The lowest BCUT2D eigenvalue weighted by molar-refractivity contribution is -0.127. The summed E-state index contributed by atoms with van der Waals surface area (Å²) in [5, 5.41) is 2.28. The number of aromatic nitrogens is 1. The van der Waals surface area contributed by atoms with Crippen molar-refractivity contribution in [3.8, 4) is 0 Å². The molecule has 0 bridgehead atoms. The van der Waals surface area contributed by atoms with Crippen molar-refractivity contribution in [3.05, 3.63) is 105 Å². The van der Waals surface area contributed by atoms with Gasteiger partial charge in [-0.25, -0.2) is 17.6 Å². The number of imide groups is 1. The van der Waals surface area contributed by atoms with Gasteiger partial charge < -0.3 is 9.88 Å². The molecular formula is C27H16ClF4N3O3S. The van der Waals surface area contributed by atoms with Crippen LogP contribution in [-0.4, -0.2) is 33.1 Å². The molecule has 0 atom stereocenters. The molecule has 0 spiro atoms. The number of nitrogens with zero attached hydrogens (tertiary/aromatic N) is 2. The summed E-state index contributed by atoms with van der Waals surface area (Å²) in [5.41, 5.74) is 0.951. The van der Waals surface area contributed by atoms with E-state index in [-0.39, 0.29) is 22.0 Å². The minimum Gasteiger partial charge on any atom is -0.342 e. The summed E-state index contributed by atoms with van der Waals surface area (Å²) < 4.78 is 56.6. The molecule has 1 aromatic heterocycles. The number of amides is 3. The van der Waals surface area contributed by atoms with E-state index in [9.17, 15) is 31.9 Å². The second kappa shape index (κ2) is 10.6. The lowest BCUT2D eigenvalue weighted by atomic mass is 10.1. The van der Waals surface area contributed by atoms with Gasteiger partial charge >= 0.3 is 0 Å². The Hall–Kier alpha value is -4.09. The molecule has 2 heterocycles. The van der Waals surface area contributed by atoms with Crippen LogP contribution >= 0.6 is 23.4 Å². The van der Waals surface area contributed by atoms with E-state index < -0.39 is 52.6 Å². The Kier molecular flexibility index (Phi) is 7.19. The van der Waals surface area contributed by atoms with E-state index in [2.05, 4.69) is 0 Å². The first-order chi connectivity index (χ1) is 18.6. The Morgan fingerprint density at radius 3 is 2.49 bits per heavy atom. The topological polar surface area (TPSA) is 71.4 Å². The summed E-state index contributed by atoms with van der Waals surface area (Å²) in [4.78, 5) is 38.5. The van der Waals surface area contributed by atoms with Crippen LogP contribution in [0.5, 0.6) is 0 Å². The molecule has 0 radical (unpaired) electrons. The fourth-order valence-electron chi connectivity index (χ4n) is 4.11. The number of halogens is 5. The molecule has 1 fully saturated rings. The lowest BCUT2D eigenvalue weighted by Crippen LogP contribution is -2.36. The number of benzene rings is 3. The predicted molar refractivity (Wildman–Crippen MR) is 140 cm³/mol. The molecule has 1 aliphatic heterocycles. The zero-order chi connectivity index (χ0) is 27.8. The molecule has 39 heavy (non-hydrogen) atoms. The van der Waals surface area contributed by atoms with Gasteiger partial charge in [0, 0.05) is 33.2 Å². The van der Waals surface area contributed by atoms with Gasteiger partial charge in [0.05, 0.1) is 17.1 Å². The highest BCUT2D eigenvalue weighted by molar-refractivity contribution is 8.18. The summed E-state index contributed by atoms with van der Waals surface area (Å²) in [7, 11) is 0. The molecule has 0 aliphatic carbocycles. The third kappa shape index (κ3) is 5.15. The first-order valence-corrected chi connectivity index (χ1v) is 12.5. The molecule has 1 N–H and O–H groups in total. The van der Waals surface area contributed by atoms with Crippen molar-refractivity contribution in [2.75, 3.05) is 11.9 Å². The Balaban J connectivity index is 1.39. The Morgan fingerprint density at radius 1 is 0.949 bits per heavy atom. The standard InChI is InChI=1S/C27H16ClF4N3O3S/c28-17-5-3-6-18(29)16(17)12-34-11-14(15-4-1-2-7-21(15)34)10-22-26(37)35(27(38)39-22)13-23(36)33-20-9-8-19(30)24(31)25(20)32/h1-11H,12-13H2,(H,33,36)/b22-10+. The van der Waals surface area contributed by atoms with Crippen LogP contribution in [0, 0.1) is 23.3 Å². The Bertz CT molecular complexity index is 1690. The van der Waals surface area contributed by atoms with E-state index in [0.29, 0.717) is 28.3 Å². The number of rotatable bonds is 6. The number of hydrogen-bond donors (Lipinski definition) is 1. The highest BCUT2D eigenvalue weighted by Crippen LogP contribution is 2.34. The molecule has 0 unspecified atom stereocenters. The molecule has 4 aromatic rings. The maximum Gasteiger partial charge on any atom is 0.294 e. The average Bonchev–Trinajstić information content (AvgIpc) is 3.38. The first-order valence-electron chi connectivity index (χ1n) is 11.3. The Labute approximate surface area is 227 Å². The third-order valence-corrected chi connectivity index (χ3v) is 7.24. The van der Waals surface area contributed by atoms with Gasteiger partial charge in [0.25, 0.3) is 11.1 Å². The normalized spacial score (nSPS) is 14.6. The van der Waals surface area contributed by atoms with E-state index in [1.165, 1.54) is 18.2 Å². The highest BCUT2D eigenvalue weighted by Gasteiger charge is 2.36. The largest absolute Gasteiger partial charge is 0.342 e. The third-order valence-electron chi connectivity index (χ3n) is 5.98. The summed E-state index contributed by atoms with van der Waals surface area (Å²) in [6.07, 6.45) is 3.18. The van der Waals surface area contributed by atoms with E-state index in [4.69, 9.17) is 11.6 Å². The number of hydrogen-bond acceptors (Lipinski definition) is 4. The quantitative estimate of drug-likeness (QED) is 0.161. The Morgan fingerprint density at radius 2 is 1.72 bits per heavy atom. The monoisotopic (exact) mass is 573 g/mol. The van der Waals surface area contributed by atoms with Gasteiger partial charge in [-0.05, 0) is 48.2 Å². The molecular weight excluding hydrogens is 558 g/mol. The molecule has 0 saturated carbocycles. The fraction of sp³-hybridized carbons (Fsp3) is 0.0741. The summed E-state index contributed by atoms with van der Waals surface area (Å²) in [5.74, 6) is -7.02. The number of carbonyl (C=O) groups excluding carboxylic acids is 3. The van der Waals surface area contributed by atoms with Crippen molar-refractivity contribution < 1.29 is 31.9 Å². The van der Waals surface area contributed by atoms with Gasteiger partial charge in [0.15, 0.2) is 17.5 Å². The van der Waals surface area contributed by atoms with E-state index in [0.717, 1.165) is 17.0 Å². The molecule has 198 valence electrons. The van der Waals surface area contributed by atoms with Crippen LogP contribution in [0.3, 0.4) is 0 Å². The van der Waals surface area contributed by atoms with Crippen LogP contribution in [-0.2, 0) is 16.1 Å². The fourth-order valence-corrected chi connectivity index (χ4v) is 5.16. The van der Waals surface area contributed by atoms with Gasteiger partial charge in [-0.1, -0.05) is 35.9 Å². The smallest absolute Gasteiger partial charge is 0.294 e. The maximum atomic E-state index is 14.4. The summed E-state index contributed by atoms with van der Waals surface area (Å²) in [6, 6.07) is 13.0. The van der Waals surface area contributed by atoms with Crippen LogP contribution in [0.4, 0.5) is 28.0 Å². The first kappa shape index (κ1) is 26.5. The van der Waals surface area contributed by atoms with Gasteiger partial charge in [-0.2, -0.15) is 0 Å². The maximum absolute atomic E-state index is 14.4. The number of nitrogens with one attached hydrogen (secondary N) is 1. The van der Waals surface area contributed by atoms with Gasteiger partial charge in [0.2, 0.25) is 5.91 Å².